The van der Waals surface area contributed by atoms with Gasteiger partial charge < -0.3 is 14.9 Å². The third kappa shape index (κ3) is 2.56. The highest BCUT2D eigenvalue weighted by molar-refractivity contribution is 5.28. The van der Waals surface area contributed by atoms with E-state index in [1.165, 1.54) is 18.3 Å². The van der Waals surface area contributed by atoms with E-state index in [1.807, 2.05) is 18.2 Å². The molecule has 0 saturated carbocycles. The molecule has 1 heterocycles. The number of hydrogen-bond donors (Lipinski definition) is 2. The molecule has 0 saturated heterocycles. The van der Waals surface area contributed by atoms with E-state index in [2.05, 4.69) is 4.98 Å². The Kier molecular flexibility index (Phi) is 3.14. The first kappa shape index (κ1) is 10.6. The highest BCUT2D eigenvalue weighted by atomic mass is 16.5. The lowest BCUT2D eigenvalue weighted by Gasteiger charge is -2.07. The summed E-state index contributed by atoms with van der Waals surface area (Å²) in [5, 5.41) is 18.0. The van der Waals surface area contributed by atoms with Gasteiger partial charge in [0.25, 0.3) is 0 Å². The zero-order valence-corrected chi connectivity index (χ0v) is 8.45. The number of rotatable bonds is 3. The highest BCUT2D eigenvalue weighted by Gasteiger charge is 2.05. The summed E-state index contributed by atoms with van der Waals surface area (Å²) in [6.45, 7) is 0. The minimum atomic E-state index is -1.51. The second kappa shape index (κ2) is 4.74. The van der Waals surface area contributed by atoms with E-state index in [-0.39, 0.29) is 0 Å². The second-order valence-electron chi connectivity index (χ2n) is 3.22. The van der Waals surface area contributed by atoms with Crippen LogP contribution in [-0.2, 0) is 0 Å². The van der Waals surface area contributed by atoms with Crippen LogP contribution in [0.2, 0.25) is 0 Å². The fourth-order valence-corrected chi connectivity index (χ4v) is 1.25. The number of nitrogens with zero attached hydrogens (tertiary/aromatic N) is 1. The monoisotopic (exact) mass is 217 g/mol. The molecular weight excluding hydrogens is 206 g/mol. The molecule has 4 heteroatoms. The predicted molar refractivity (Wildman–Crippen MR) is 57.9 cm³/mol. The molecule has 0 unspecified atom stereocenters. The van der Waals surface area contributed by atoms with Crippen molar-refractivity contribution < 1.29 is 14.9 Å². The summed E-state index contributed by atoms with van der Waals surface area (Å²) in [6.07, 6.45) is -0.0475. The zero-order chi connectivity index (χ0) is 11.4. The normalized spacial score (nSPS) is 10.4. The van der Waals surface area contributed by atoms with Gasteiger partial charge in [0.1, 0.15) is 5.75 Å². The van der Waals surface area contributed by atoms with Gasteiger partial charge in [-0.15, -0.1) is 0 Å². The summed E-state index contributed by atoms with van der Waals surface area (Å²) in [6, 6.07) is 12.2. The molecule has 0 fully saturated rings. The summed E-state index contributed by atoms with van der Waals surface area (Å²) >= 11 is 0. The SMILES string of the molecule is OC(O)c1ccnc(Oc2ccccc2)c1. The summed E-state index contributed by atoms with van der Waals surface area (Å²) in [7, 11) is 0. The van der Waals surface area contributed by atoms with Gasteiger partial charge in [-0.3, -0.25) is 0 Å². The van der Waals surface area contributed by atoms with Crippen molar-refractivity contribution in [3.05, 3.63) is 54.2 Å². The van der Waals surface area contributed by atoms with Crippen molar-refractivity contribution in [2.45, 2.75) is 6.29 Å². The van der Waals surface area contributed by atoms with Gasteiger partial charge in [-0.05, 0) is 18.2 Å². The Hall–Kier alpha value is -1.91. The first-order chi connectivity index (χ1) is 7.75. The van der Waals surface area contributed by atoms with Crippen molar-refractivity contribution >= 4 is 0 Å². The number of aliphatic hydroxyl groups is 2. The van der Waals surface area contributed by atoms with Gasteiger partial charge in [-0.2, -0.15) is 0 Å². The summed E-state index contributed by atoms with van der Waals surface area (Å²) in [5.41, 5.74) is 0.348. The molecule has 0 amide bonds. The highest BCUT2D eigenvalue weighted by Crippen LogP contribution is 2.21. The lowest BCUT2D eigenvalue weighted by Crippen LogP contribution is -1.96. The smallest absolute Gasteiger partial charge is 0.219 e. The number of aliphatic hydroxyl groups excluding tert-OH is 1. The van der Waals surface area contributed by atoms with Crippen LogP contribution in [0, 0.1) is 0 Å². The van der Waals surface area contributed by atoms with Gasteiger partial charge in [0.15, 0.2) is 6.29 Å². The molecule has 0 aliphatic rings. The molecule has 0 spiro atoms. The maximum atomic E-state index is 8.99. The predicted octanol–water partition coefficient (Wildman–Crippen LogP) is 1.86. The van der Waals surface area contributed by atoms with Crippen LogP contribution in [0.3, 0.4) is 0 Å². The third-order valence-electron chi connectivity index (χ3n) is 2.02. The lowest BCUT2D eigenvalue weighted by molar-refractivity contribution is -0.0426. The fraction of sp³-hybridized carbons (Fsp3) is 0.0833. The summed E-state index contributed by atoms with van der Waals surface area (Å²) in [5.74, 6) is 0.983. The van der Waals surface area contributed by atoms with Gasteiger partial charge >= 0.3 is 0 Å². The van der Waals surface area contributed by atoms with E-state index in [0.29, 0.717) is 17.2 Å². The van der Waals surface area contributed by atoms with E-state index < -0.39 is 6.29 Å². The van der Waals surface area contributed by atoms with E-state index in [1.54, 1.807) is 12.1 Å². The van der Waals surface area contributed by atoms with Crippen molar-refractivity contribution in [1.29, 1.82) is 0 Å². The average molecular weight is 217 g/mol. The van der Waals surface area contributed by atoms with Crippen LogP contribution in [0.1, 0.15) is 11.9 Å². The first-order valence-corrected chi connectivity index (χ1v) is 4.81. The van der Waals surface area contributed by atoms with Gasteiger partial charge in [0.05, 0.1) is 0 Å². The second-order valence-corrected chi connectivity index (χ2v) is 3.22. The molecule has 2 N–H and O–H groups in total. The van der Waals surface area contributed by atoms with Gasteiger partial charge in [-0.1, -0.05) is 18.2 Å². The molecule has 0 aliphatic heterocycles. The summed E-state index contributed by atoms with van der Waals surface area (Å²) in [4.78, 5) is 3.97. The molecule has 16 heavy (non-hydrogen) atoms. The van der Waals surface area contributed by atoms with Crippen molar-refractivity contribution in [1.82, 2.24) is 4.98 Å². The van der Waals surface area contributed by atoms with Crippen molar-refractivity contribution in [3.8, 4) is 11.6 Å². The quantitative estimate of drug-likeness (QED) is 0.770. The van der Waals surface area contributed by atoms with Crippen molar-refractivity contribution in [2.75, 3.05) is 0 Å². The Morgan fingerprint density at radius 3 is 2.50 bits per heavy atom. The molecular formula is C12H11NO3. The van der Waals surface area contributed by atoms with Crippen LogP contribution in [0.4, 0.5) is 0 Å². The zero-order valence-electron chi connectivity index (χ0n) is 8.45. The molecule has 1 aromatic heterocycles. The molecule has 0 atom stereocenters. The van der Waals surface area contributed by atoms with Crippen molar-refractivity contribution in [3.63, 3.8) is 0 Å². The minimum absolute atomic E-state index is 0.330. The van der Waals surface area contributed by atoms with E-state index in [4.69, 9.17) is 14.9 Å². The molecule has 0 bridgehead atoms. The van der Waals surface area contributed by atoms with Crippen LogP contribution in [-0.4, -0.2) is 15.2 Å². The lowest BCUT2D eigenvalue weighted by atomic mass is 10.2. The summed E-state index contributed by atoms with van der Waals surface area (Å²) < 4.78 is 5.44. The number of aromatic nitrogens is 1. The average Bonchev–Trinajstić information content (AvgIpc) is 2.30. The number of hydrogen-bond acceptors (Lipinski definition) is 4. The van der Waals surface area contributed by atoms with E-state index >= 15 is 0 Å². The molecule has 0 aliphatic carbocycles. The molecule has 2 rings (SSSR count). The van der Waals surface area contributed by atoms with Crippen LogP contribution in [0.25, 0.3) is 0 Å². The fourth-order valence-electron chi connectivity index (χ4n) is 1.25. The third-order valence-corrected chi connectivity index (χ3v) is 2.02. The van der Waals surface area contributed by atoms with Gasteiger partial charge in [0, 0.05) is 17.8 Å². The van der Waals surface area contributed by atoms with Gasteiger partial charge in [-0.25, -0.2) is 4.98 Å². The van der Waals surface area contributed by atoms with E-state index in [9.17, 15) is 0 Å². The molecule has 82 valence electrons. The molecule has 2 aromatic rings. The topological polar surface area (TPSA) is 62.6 Å². The maximum Gasteiger partial charge on any atom is 0.219 e. The molecule has 1 aromatic carbocycles. The molecule has 4 nitrogen and oxygen atoms in total. The Bertz CT molecular complexity index is 457. The largest absolute Gasteiger partial charge is 0.439 e. The molecule has 0 radical (unpaired) electrons. The van der Waals surface area contributed by atoms with Gasteiger partial charge in [0.2, 0.25) is 5.88 Å². The van der Waals surface area contributed by atoms with Crippen LogP contribution < -0.4 is 4.74 Å². The maximum absolute atomic E-state index is 8.99. The van der Waals surface area contributed by atoms with Crippen LogP contribution in [0.5, 0.6) is 11.6 Å². The Labute approximate surface area is 92.8 Å². The number of ether oxygens (including phenoxy) is 1. The van der Waals surface area contributed by atoms with Crippen LogP contribution in [0.15, 0.2) is 48.7 Å². The number of pyridine rings is 1. The minimum Gasteiger partial charge on any atom is -0.439 e. The number of benzene rings is 1. The Morgan fingerprint density at radius 2 is 1.81 bits per heavy atom. The first-order valence-electron chi connectivity index (χ1n) is 4.81. The standard InChI is InChI=1S/C12H11NO3/c14-12(15)9-6-7-13-11(8-9)16-10-4-2-1-3-5-10/h1-8,12,14-15H. The Balaban J connectivity index is 2.19. The van der Waals surface area contributed by atoms with Crippen LogP contribution >= 0.6 is 0 Å². The van der Waals surface area contributed by atoms with E-state index in [0.717, 1.165) is 0 Å². The van der Waals surface area contributed by atoms with Crippen molar-refractivity contribution in [2.24, 2.45) is 0 Å². The number of para-hydroxylation sites is 1. The Morgan fingerprint density at radius 1 is 1.06 bits per heavy atom.